The van der Waals surface area contributed by atoms with Crippen LogP contribution < -0.4 is 0 Å². The molecular weight excluding hydrogens is 267 g/mol. The Kier molecular flexibility index (Phi) is 7.78. The summed E-state index contributed by atoms with van der Waals surface area (Å²) in [5.41, 5.74) is 0. The molecule has 0 N–H and O–H groups in total. The third kappa shape index (κ3) is 9.86. The first-order chi connectivity index (χ1) is 5.85. The normalized spacial score (nSPS) is 15.0. The molecule has 0 bridgehead atoms. The molecule has 0 heterocycles. The van der Waals surface area contributed by atoms with Crippen molar-refractivity contribution in [3.63, 3.8) is 0 Å². The Morgan fingerprint density at radius 1 is 1.15 bits per heavy atom. The molecule has 13 heavy (non-hydrogen) atoms. The van der Waals surface area contributed by atoms with Crippen molar-refractivity contribution in [3.8, 4) is 0 Å². The highest BCUT2D eigenvalue weighted by molar-refractivity contribution is 8.77. The molecular formula is C8H15Cl3S2. The summed E-state index contributed by atoms with van der Waals surface area (Å²) in [4.78, 5) is 0. The molecule has 5 heteroatoms. The number of halogens is 3. The molecule has 0 radical (unpaired) electrons. The molecule has 80 valence electrons. The van der Waals surface area contributed by atoms with Crippen LogP contribution in [-0.2, 0) is 0 Å². The summed E-state index contributed by atoms with van der Waals surface area (Å²) in [6, 6.07) is 0. The topological polar surface area (TPSA) is 0 Å². The third-order valence-corrected chi connectivity index (χ3v) is 5.33. The minimum atomic E-state index is -1.11. The predicted molar refractivity (Wildman–Crippen MR) is 69.3 cm³/mol. The lowest BCUT2D eigenvalue weighted by Gasteiger charge is -2.19. The van der Waals surface area contributed by atoms with Crippen molar-refractivity contribution in [1.82, 2.24) is 0 Å². The first-order valence-corrected chi connectivity index (χ1v) is 7.65. The van der Waals surface area contributed by atoms with Gasteiger partial charge in [0.15, 0.2) is 3.79 Å². The smallest absolute Gasteiger partial charge is 0.0910 e. The van der Waals surface area contributed by atoms with Crippen LogP contribution in [0, 0.1) is 0 Å². The minimum absolute atomic E-state index is 0.430. The largest absolute Gasteiger partial charge is 0.191 e. The van der Waals surface area contributed by atoms with E-state index in [1.807, 2.05) is 21.6 Å². The molecule has 0 nitrogen and oxygen atoms in total. The summed E-state index contributed by atoms with van der Waals surface area (Å²) in [7, 11) is 3.67. The summed E-state index contributed by atoms with van der Waals surface area (Å²) in [6.45, 7) is 6.45. The molecule has 1 atom stereocenters. The van der Waals surface area contributed by atoms with Gasteiger partial charge in [0.25, 0.3) is 0 Å². The summed E-state index contributed by atoms with van der Waals surface area (Å²) in [6.07, 6.45) is 1.66. The van der Waals surface area contributed by atoms with Crippen LogP contribution in [0.2, 0.25) is 0 Å². The van der Waals surface area contributed by atoms with E-state index < -0.39 is 3.79 Å². The number of hydrogen-bond donors (Lipinski definition) is 0. The van der Waals surface area contributed by atoms with Crippen molar-refractivity contribution in [1.29, 1.82) is 0 Å². The monoisotopic (exact) mass is 280 g/mol. The third-order valence-electron chi connectivity index (χ3n) is 1.30. The standard InChI is InChI=1S/C8H15Cl3S2/c1-4-7(5-8(9,10)11)13-12-6(2)3/h6-7H,4-5H2,1-3H3/t7-/m0/s1. The lowest BCUT2D eigenvalue weighted by molar-refractivity contribution is 0.757. The fraction of sp³-hybridized carbons (Fsp3) is 1.00. The van der Waals surface area contributed by atoms with Gasteiger partial charge in [-0.05, 0) is 6.42 Å². The zero-order chi connectivity index (χ0) is 10.5. The van der Waals surface area contributed by atoms with E-state index in [0.29, 0.717) is 16.9 Å². The van der Waals surface area contributed by atoms with E-state index in [1.54, 1.807) is 0 Å². The zero-order valence-electron chi connectivity index (χ0n) is 8.02. The van der Waals surface area contributed by atoms with E-state index in [0.717, 1.165) is 6.42 Å². The molecule has 0 aromatic rings. The number of rotatable bonds is 5. The molecule has 0 fully saturated rings. The molecule has 0 saturated heterocycles. The molecule has 0 aromatic heterocycles. The molecule has 0 aliphatic carbocycles. The zero-order valence-corrected chi connectivity index (χ0v) is 11.9. The van der Waals surface area contributed by atoms with Gasteiger partial charge in [-0.25, -0.2) is 0 Å². The van der Waals surface area contributed by atoms with Gasteiger partial charge in [-0.15, -0.1) is 0 Å². The van der Waals surface area contributed by atoms with Crippen molar-refractivity contribution < 1.29 is 0 Å². The van der Waals surface area contributed by atoms with Gasteiger partial charge in [0, 0.05) is 16.9 Å². The molecule has 0 spiro atoms. The van der Waals surface area contributed by atoms with Crippen LogP contribution in [0.3, 0.4) is 0 Å². The molecule has 0 aliphatic heterocycles. The van der Waals surface area contributed by atoms with Crippen molar-refractivity contribution in [3.05, 3.63) is 0 Å². The Hall–Kier alpha value is 1.57. The second-order valence-corrected chi connectivity index (χ2v) is 8.76. The van der Waals surface area contributed by atoms with Gasteiger partial charge >= 0.3 is 0 Å². The van der Waals surface area contributed by atoms with E-state index in [1.165, 1.54) is 0 Å². The average Bonchev–Trinajstić information content (AvgIpc) is 1.95. The van der Waals surface area contributed by atoms with E-state index in [-0.39, 0.29) is 0 Å². The summed E-state index contributed by atoms with van der Waals surface area (Å²) >= 11 is 17.2. The Morgan fingerprint density at radius 2 is 1.69 bits per heavy atom. The quantitative estimate of drug-likeness (QED) is 0.494. The molecule has 0 aromatic carbocycles. The Balaban J connectivity index is 3.76. The molecule has 0 amide bonds. The SMILES string of the molecule is CC[C@@H](CC(Cl)(Cl)Cl)SSC(C)C. The first-order valence-electron chi connectivity index (χ1n) is 4.24. The maximum atomic E-state index is 5.73. The van der Waals surface area contributed by atoms with Gasteiger partial charge in [0.2, 0.25) is 0 Å². The highest BCUT2D eigenvalue weighted by Gasteiger charge is 2.25. The summed E-state index contributed by atoms with van der Waals surface area (Å²) < 4.78 is -1.11. The van der Waals surface area contributed by atoms with Crippen molar-refractivity contribution >= 4 is 56.4 Å². The van der Waals surface area contributed by atoms with E-state index in [4.69, 9.17) is 34.8 Å². The molecule has 0 aliphatic rings. The first kappa shape index (κ1) is 14.6. The minimum Gasteiger partial charge on any atom is -0.0910 e. The predicted octanol–water partition coefficient (Wildman–Crippen LogP) is 5.32. The van der Waals surface area contributed by atoms with Gasteiger partial charge in [-0.2, -0.15) is 0 Å². The lowest BCUT2D eigenvalue weighted by Crippen LogP contribution is -2.12. The fourth-order valence-electron chi connectivity index (χ4n) is 0.694. The van der Waals surface area contributed by atoms with Gasteiger partial charge in [-0.3, -0.25) is 0 Å². The summed E-state index contributed by atoms with van der Waals surface area (Å²) in [5.74, 6) is 0. The summed E-state index contributed by atoms with van der Waals surface area (Å²) in [5, 5.41) is 1.05. The maximum Gasteiger partial charge on any atom is 0.191 e. The van der Waals surface area contributed by atoms with Gasteiger partial charge in [0.1, 0.15) is 0 Å². The van der Waals surface area contributed by atoms with E-state index in [2.05, 4.69) is 20.8 Å². The molecule has 0 unspecified atom stereocenters. The highest BCUT2D eigenvalue weighted by Crippen LogP contribution is 2.41. The van der Waals surface area contributed by atoms with Gasteiger partial charge < -0.3 is 0 Å². The Labute approximate surface area is 104 Å². The molecule has 0 saturated carbocycles. The van der Waals surface area contributed by atoms with Crippen LogP contribution >= 0.6 is 56.4 Å². The Morgan fingerprint density at radius 3 is 2.00 bits per heavy atom. The Bertz CT molecular complexity index is 134. The maximum absolute atomic E-state index is 5.73. The lowest BCUT2D eigenvalue weighted by atomic mass is 10.3. The van der Waals surface area contributed by atoms with Crippen molar-refractivity contribution in [2.75, 3.05) is 0 Å². The number of hydrogen-bond acceptors (Lipinski definition) is 2. The average molecular weight is 282 g/mol. The van der Waals surface area contributed by atoms with Gasteiger partial charge in [-0.1, -0.05) is 77.2 Å². The van der Waals surface area contributed by atoms with Crippen LogP contribution in [-0.4, -0.2) is 14.3 Å². The van der Waals surface area contributed by atoms with Gasteiger partial charge in [0.05, 0.1) is 0 Å². The van der Waals surface area contributed by atoms with Crippen LogP contribution in [0.4, 0.5) is 0 Å². The van der Waals surface area contributed by atoms with Crippen molar-refractivity contribution in [2.45, 2.75) is 47.9 Å². The highest BCUT2D eigenvalue weighted by atomic mass is 35.6. The number of alkyl halides is 3. The van der Waals surface area contributed by atoms with Crippen LogP contribution in [0.5, 0.6) is 0 Å². The van der Waals surface area contributed by atoms with Crippen LogP contribution in [0.15, 0.2) is 0 Å². The van der Waals surface area contributed by atoms with E-state index in [9.17, 15) is 0 Å². The van der Waals surface area contributed by atoms with Crippen LogP contribution in [0.25, 0.3) is 0 Å². The van der Waals surface area contributed by atoms with Crippen molar-refractivity contribution in [2.24, 2.45) is 0 Å². The second kappa shape index (κ2) is 6.95. The molecule has 0 rings (SSSR count). The fourth-order valence-corrected chi connectivity index (χ4v) is 4.11. The van der Waals surface area contributed by atoms with E-state index >= 15 is 0 Å². The second-order valence-electron chi connectivity index (χ2n) is 3.09. The van der Waals surface area contributed by atoms with Crippen LogP contribution in [0.1, 0.15) is 33.6 Å².